The zero-order chi connectivity index (χ0) is 14.8. The third-order valence-corrected chi connectivity index (χ3v) is 2.89. The standard InChI is InChI=1S/C14H12F3NO2/c1-20-13(19)7-6-11-5-3-9-2-4-10(14(15,16)17)8-12(9)18-11/h2-5,8H,6-7H2,1H3. The van der Waals surface area contributed by atoms with Gasteiger partial charge in [-0.2, -0.15) is 13.2 Å². The molecule has 1 aromatic carbocycles. The fourth-order valence-electron chi connectivity index (χ4n) is 1.81. The summed E-state index contributed by atoms with van der Waals surface area (Å²) in [6.45, 7) is 0. The molecule has 0 saturated heterocycles. The molecule has 0 unspecified atom stereocenters. The van der Waals surface area contributed by atoms with E-state index in [0.717, 1.165) is 12.1 Å². The van der Waals surface area contributed by atoms with Crippen molar-refractivity contribution in [1.29, 1.82) is 0 Å². The molecule has 0 saturated carbocycles. The van der Waals surface area contributed by atoms with Gasteiger partial charge in [0.25, 0.3) is 0 Å². The lowest BCUT2D eigenvalue weighted by Gasteiger charge is -2.08. The van der Waals surface area contributed by atoms with E-state index in [1.165, 1.54) is 13.2 Å². The fourth-order valence-corrected chi connectivity index (χ4v) is 1.81. The topological polar surface area (TPSA) is 39.2 Å². The van der Waals surface area contributed by atoms with Crippen LogP contribution in [-0.2, 0) is 22.1 Å². The summed E-state index contributed by atoms with van der Waals surface area (Å²) in [7, 11) is 1.28. The third kappa shape index (κ3) is 3.26. The van der Waals surface area contributed by atoms with Crippen LogP contribution in [0.3, 0.4) is 0 Å². The Kier molecular flexibility index (Phi) is 3.92. The molecule has 0 radical (unpaired) electrons. The van der Waals surface area contributed by atoms with E-state index < -0.39 is 11.7 Å². The molecule has 1 aromatic heterocycles. The first-order valence-electron chi connectivity index (χ1n) is 5.94. The predicted octanol–water partition coefficient (Wildman–Crippen LogP) is 3.36. The molecule has 106 valence electrons. The molecule has 0 aliphatic heterocycles. The number of nitrogens with zero attached hydrogens (tertiary/aromatic N) is 1. The number of aromatic nitrogens is 1. The first-order chi connectivity index (χ1) is 9.40. The highest BCUT2D eigenvalue weighted by atomic mass is 19.4. The number of alkyl halides is 3. The highest BCUT2D eigenvalue weighted by molar-refractivity contribution is 5.79. The van der Waals surface area contributed by atoms with Gasteiger partial charge < -0.3 is 4.74 Å². The molecule has 0 amide bonds. The Morgan fingerprint density at radius 3 is 2.60 bits per heavy atom. The molecule has 6 heteroatoms. The number of hydrogen-bond donors (Lipinski definition) is 0. The number of halogens is 3. The van der Waals surface area contributed by atoms with Crippen molar-refractivity contribution in [2.75, 3.05) is 7.11 Å². The van der Waals surface area contributed by atoms with Crippen LogP contribution < -0.4 is 0 Å². The molecular formula is C14H12F3NO2. The number of pyridine rings is 1. The highest BCUT2D eigenvalue weighted by Gasteiger charge is 2.30. The van der Waals surface area contributed by atoms with Crippen LogP contribution in [0.15, 0.2) is 30.3 Å². The molecule has 0 fully saturated rings. The molecule has 0 atom stereocenters. The van der Waals surface area contributed by atoms with Gasteiger partial charge in [-0.3, -0.25) is 9.78 Å². The quantitative estimate of drug-likeness (QED) is 0.811. The van der Waals surface area contributed by atoms with Gasteiger partial charge in [0.15, 0.2) is 0 Å². The van der Waals surface area contributed by atoms with Gasteiger partial charge in [-0.15, -0.1) is 0 Å². The van der Waals surface area contributed by atoms with Gasteiger partial charge in [-0.25, -0.2) is 0 Å². The average molecular weight is 283 g/mol. The number of carbonyl (C=O) groups excluding carboxylic acids is 1. The van der Waals surface area contributed by atoms with E-state index in [0.29, 0.717) is 17.5 Å². The van der Waals surface area contributed by atoms with Crippen molar-refractivity contribution in [3.63, 3.8) is 0 Å². The Balaban J connectivity index is 2.29. The SMILES string of the molecule is COC(=O)CCc1ccc2ccc(C(F)(F)F)cc2n1. The van der Waals surface area contributed by atoms with Gasteiger partial charge in [0.2, 0.25) is 0 Å². The molecular weight excluding hydrogens is 271 g/mol. The van der Waals surface area contributed by atoms with Gasteiger partial charge in [0.05, 0.1) is 24.6 Å². The van der Waals surface area contributed by atoms with Gasteiger partial charge in [-0.1, -0.05) is 12.1 Å². The van der Waals surface area contributed by atoms with E-state index >= 15 is 0 Å². The summed E-state index contributed by atoms with van der Waals surface area (Å²) in [5, 5.41) is 0.625. The van der Waals surface area contributed by atoms with E-state index in [-0.39, 0.29) is 17.9 Å². The monoisotopic (exact) mass is 283 g/mol. The molecule has 2 rings (SSSR count). The van der Waals surface area contributed by atoms with Crippen molar-refractivity contribution in [2.24, 2.45) is 0 Å². The molecule has 0 spiro atoms. The lowest BCUT2D eigenvalue weighted by molar-refractivity contribution is -0.140. The minimum Gasteiger partial charge on any atom is -0.469 e. The Morgan fingerprint density at radius 1 is 1.25 bits per heavy atom. The van der Waals surface area contributed by atoms with Crippen LogP contribution >= 0.6 is 0 Å². The number of hydrogen-bond acceptors (Lipinski definition) is 3. The molecule has 1 heterocycles. The fraction of sp³-hybridized carbons (Fsp3) is 0.286. The molecule has 0 N–H and O–H groups in total. The molecule has 0 aliphatic carbocycles. The minimum absolute atomic E-state index is 0.147. The second-order valence-corrected chi connectivity index (χ2v) is 4.28. The number of benzene rings is 1. The van der Waals surface area contributed by atoms with Crippen molar-refractivity contribution in [3.05, 3.63) is 41.6 Å². The van der Waals surface area contributed by atoms with Gasteiger partial charge in [-0.05, 0) is 18.2 Å². The summed E-state index contributed by atoms with van der Waals surface area (Å²) < 4.78 is 42.4. The second kappa shape index (κ2) is 5.48. The first kappa shape index (κ1) is 14.3. The Bertz CT molecular complexity index is 638. The van der Waals surface area contributed by atoms with E-state index in [4.69, 9.17) is 0 Å². The second-order valence-electron chi connectivity index (χ2n) is 4.28. The number of carbonyl (C=O) groups is 1. The summed E-state index contributed by atoms with van der Waals surface area (Å²) in [5.41, 5.74) is 0.0898. The number of aryl methyl sites for hydroxylation is 1. The zero-order valence-electron chi connectivity index (χ0n) is 10.7. The van der Waals surface area contributed by atoms with Crippen molar-refractivity contribution in [2.45, 2.75) is 19.0 Å². The predicted molar refractivity (Wildman–Crippen MR) is 67.1 cm³/mol. The highest BCUT2D eigenvalue weighted by Crippen LogP contribution is 2.31. The van der Waals surface area contributed by atoms with Crippen LogP contribution in [-0.4, -0.2) is 18.1 Å². The van der Waals surface area contributed by atoms with Gasteiger partial charge in [0, 0.05) is 17.5 Å². The zero-order valence-corrected chi connectivity index (χ0v) is 10.7. The van der Waals surface area contributed by atoms with Crippen LogP contribution in [0.1, 0.15) is 17.7 Å². The molecule has 20 heavy (non-hydrogen) atoms. The number of ether oxygens (including phenoxy) is 1. The summed E-state index contributed by atoms with van der Waals surface area (Å²) in [6.07, 6.45) is -3.91. The van der Waals surface area contributed by atoms with Crippen molar-refractivity contribution >= 4 is 16.9 Å². The number of fused-ring (bicyclic) bond motifs is 1. The van der Waals surface area contributed by atoms with E-state index in [2.05, 4.69) is 9.72 Å². The van der Waals surface area contributed by atoms with Crippen molar-refractivity contribution in [3.8, 4) is 0 Å². The molecule has 0 aliphatic rings. The summed E-state index contributed by atoms with van der Waals surface area (Å²) in [5.74, 6) is -0.379. The lowest BCUT2D eigenvalue weighted by Crippen LogP contribution is -2.05. The van der Waals surface area contributed by atoms with Crippen LogP contribution in [0.2, 0.25) is 0 Å². The number of rotatable bonds is 3. The van der Waals surface area contributed by atoms with E-state index in [9.17, 15) is 18.0 Å². The van der Waals surface area contributed by atoms with Crippen molar-refractivity contribution < 1.29 is 22.7 Å². The summed E-state index contributed by atoms with van der Waals surface area (Å²) in [6, 6.07) is 6.80. The van der Waals surface area contributed by atoms with Crippen LogP contribution in [0.25, 0.3) is 10.9 Å². The number of methoxy groups -OCH3 is 1. The van der Waals surface area contributed by atoms with Gasteiger partial charge in [0.1, 0.15) is 0 Å². The Labute approximate surface area is 113 Å². The summed E-state index contributed by atoms with van der Waals surface area (Å²) in [4.78, 5) is 15.2. The smallest absolute Gasteiger partial charge is 0.416 e. The maximum atomic E-state index is 12.6. The molecule has 2 aromatic rings. The van der Waals surface area contributed by atoms with E-state index in [1.807, 2.05) is 0 Å². The first-order valence-corrected chi connectivity index (χ1v) is 5.94. The third-order valence-electron chi connectivity index (χ3n) is 2.89. The average Bonchev–Trinajstić information content (AvgIpc) is 2.42. The van der Waals surface area contributed by atoms with Crippen molar-refractivity contribution in [1.82, 2.24) is 4.98 Å². The lowest BCUT2D eigenvalue weighted by atomic mass is 10.1. The maximum Gasteiger partial charge on any atom is 0.416 e. The Hall–Kier alpha value is -2.11. The summed E-state index contributed by atoms with van der Waals surface area (Å²) >= 11 is 0. The largest absolute Gasteiger partial charge is 0.469 e. The van der Waals surface area contributed by atoms with Crippen LogP contribution in [0.5, 0.6) is 0 Å². The van der Waals surface area contributed by atoms with Gasteiger partial charge >= 0.3 is 12.1 Å². The normalized spacial score (nSPS) is 11.6. The number of esters is 1. The van der Waals surface area contributed by atoms with E-state index in [1.54, 1.807) is 12.1 Å². The minimum atomic E-state index is -4.39. The molecule has 0 bridgehead atoms. The Morgan fingerprint density at radius 2 is 1.95 bits per heavy atom. The van der Waals surface area contributed by atoms with Crippen LogP contribution in [0, 0.1) is 0 Å². The van der Waals surface area contributed by atoms with Crippen LogP contribution in [0.4, 0.5) is 13.2 Å². The maximum absolute atomic E-state index is 12.6. The molecule has 3 nitrogen and oxygen atoms in total.